The van der Waals surface area contributed by atoms with Crippen molar-refractivity contribution in [2.75, 3.05) is 0 Å². The molecule has 8 heavy (non-hydrogen) atoms. The summed E-state index contributed by atoms with van der Waals surface area (Å²) in [7, 11) is 0. The van der Waals surface area contributed by atoms with Crippen LogP contribution in [0.3, 0.4) is 0 Å². The van der Waals surface area contributed by atoms with Crippen molar-refractivity contribution in [2.45, 2.75) is 36.6 Å². The largest absolute Gasteiger partial charge is 0.393 e. The first-order valence-electron chi connectivity index (χ1n) is 3.11. The maximum absolute atomic E-state index is 9.01. The molecule has 1 saturated carbocycles. The van der Waals surface area contributed by atoms with Crippen molar-refractivity contribution >= 4 is 15.9 Å². The SMILES string of the molecule is OC1CCC(Br)CC1. The molecule has 0 aromatic rings. The third-order valence-corrected chi connectivity index (χ3v) is 2.54. The van der Waals surface area contributed by atoms with Gasteiger partial charge < -0.3 is 5.11 Å². The molecule has 1 aliphatic rings. The van der Waals surface area contributed by atoms with Gasteiger partial charge in [0.15, 0.2) is 0 Å². The summed E-state index contributed by atoms with van der Waals surface area (Å²) in [5, 5.41) is 9.01. The van der Waals surface area contributed by atoms with Crippen LogP contribution >= 0.6 is 15.9 Å². The fraction of sp³-hybridized carbons (Fsp3) is 1.00. The van der Waals surface area contributed by atoms with Gasteiger partial charge in [-0.15, -0.1) is 0 Å². The zero-order valence-corrected chi connectivity index (χ0v) is 6.39. The molecule has 0 aliphatic heterocycles. The maximum atomic E-state index is 9.01. The molecule has 0 amide bonds. The van der Waals surface area contributed by atoms with Gasteiger partial charge in [-0.3, -0.25) is 0 Å². The third kappa shape index (κ3) is 1.75. The van der Waals surface area contributed by atoms with Crippen molar-refractivity contribution in [3.8, 4) is 0 Å². The van der Waals surface area contributed by atoms with Gasteiger partial charge in [-0.05, 0) is 25.7 Å². The lowest BCUT2D eigenvalue weighted by Gasteiger charge is -2.20. The zero-order valence-electron chi connectivity index (χ0n) is 4.81. The molecule has 1 aliphatic carbocycles. The van der Waals surface area contributed by atoms with Gasteiger partial charge in [-0.2, -0.15) is 0 Å². The Bertz CT molecular complexity index is 56.9. The van der Waals surface area contributed by atoms with E-state index in [9.17, 15) is 0 Å². The standard InChI is InChI=1S/C6H11BrO/c7-5-1-3-6(8)4-2-5/h5-6,8H,1-4H2. The molecule has 1 nitrogen and oxygen atoms in total. The van der Waals surface area contributed by atoms with Crippen molar-refractivity contribution < 1.29 is 5.11 Å². The summed E-state index contributed by atoms with van der Waals surface area (Å²) in [5.41, 5.74) is 0. The number of hydrogen-bond acceptors (Lipinski definition) is 1. The minimum absolute atomic E-state index is 0.0104. The van der Waals surface area contributed by atoms with Crippen molar-refractivity contribution in [2.24, 2.45) is 0 Å². The highest BCUT2D eigenvalue weighted by Crippen LogP contribution is 2.23. The van der Waals surface area contributed by atoms with E-state index in [4.69, 9.17) is 5.11 Å². The summed E-state index contributed by atoms with van der Waals surface area (Å²) < 4.78 is 0. The predicted molar refractivity (Wildman–Crippen MR) is 37.2 cm³/mol. The molecule has 0 spiro atoms. The summed E-state index contributed by atoms with van der Waals surface area (Å²) in [6.07, 6.45) is 4.23. The Morgan fingerprint density at radius 3 is 2.00 bits per heavy atom. The van der Waals surface area contributed by atoms with Gasteiger partial charge in [0.2, 0.25) is 0 Å². The van der Waals surface area contributed by atoms with Crippen molar-refractivity contribution in [1.29, 1.82) is 0 Å². The van der Waals surface area contributed by atoms with E-state index in [0.29, 0.717) is 4.83 Å². The maximum Gasteiger partial charge on any atom is 0.0541 e. The second kappa shape index (κ2) is 2.83. The molecule has 0 heterocycles. The number of halogens is 1. The van der Waals surface area contributed by atoms with Crippen LogP contribution in [0.1, 0.15) is 25.7 Å². The van der Waals surface area contributed by atoms with E-state index in [1.807, 2.05) is 0 Å². The average molecular weight is 179 g/mol. The summed E-state index contributed by atoms with van der Waals surface area (Å²) in [4.78, 5) is 0.672. The number of alkyl halides is 1. The van der Waals surface area contributed by atoms with Gasteiger partial charge in [0.25, 0.3) is 0 Å². The van der Waals surface area contributed by atoms with Crippen LogP contribution in [0.15, 0.2) is 0 Å². The quantitative estimate of drug-likeness (QED) is 0.561. The summed E-state index contributed by atoms with van der Waals surface area (Å²) in [6.45, 7) is 0. The molecule has 0 unspecified atom stereocenters. The van der Waals surface area contributed by atoms with Gasteiger partial charge >= 0.3 is 0 Å². The van der Waals surface area contributed by atoms with Gasteiger partial charge in [-0.25, -0.2) is 0 Å². The summed E-state index contributed by atoms with van der Waals surface area (Å²) >= 11 is 3.50. The lowest BCUT2D eigenvalue weighted by molar-refractivity contribution is 0.133. The highest BCUT2D eigenvalue weighted by molar-refractivity contribution is 9.09. The van der Waals surface area contributed by atoms with Crippen LogP contribution in [0.2, 0.25) is 0 Å². The van der Waals surface area contributed by atoms with Crippen molar-refractivity contribution in [1.82, 2.24) is 0 Å². The van der Waals surface area contributed by atoms with Crippen LogP contribution in [0.5, 0.6) is 0 Å². The van der Waals surface area contributed by atoms with E-state index in [-0.39, 0.29) is 6.10 Å². The Morgan fingerprint density at radius 1 is 1.12 bits per heavy atom. The first kappa shape index (κ1) is 6.56. The van der Waals surface area contributed by atoms with Crippen LogP contribution in [0.4, 0.5) is 0 Å². The van der Waals surface area contributed by atoms with E-state index in [1.54, 1.807) is 0 Å². The van der Waals surface area contributed by atoms with Gasteiger partial charge in [0, 0.05) is 4.83 Å². The molecular weight excluding hydrogens is 168 g/mol. The second-order valence-electron chi connectivity index (χ2n) is 2.41. The van der Waals surface area contributed by atoms with E-state index in [0.717, 1.165) is 25.7 Å². The van der Waals surface area contributed by atoms with E-state index in [1.165, 1.54) is 0 Å². The number of rotatable bonds is 0. The molecule has 1 fully saturated rings. The molecule has 2 heteroatoms. The zero-order chi connectivity index (χ0) is 5.98. The molecular formula is C6H11BrO. The molecule has 1 rings (SSSR count). The predicted octanol–water partition coefficient (Wildman–Crippen LogP) is 1.68. The monoisotopic (exact) mass is 178 g/mol. The molecule has 0 atom stereocenters. The first-order valence-corrected chi connectivity index (χ1v) is 4.03. The lowest BCUT2D eigenvalue weighted by Crippen LogP contribution is -2.17. The Hall–Kier alpha value is 0.440. The van der Waals surface area contributed by atoms with E-state index < -0.39 is 0 Å². The third-order valence-electron chi connectivity index (χ3n) is 1.63. The lowest BCUT2D eigenvalue weighted by atomic mass is 9.98. The summed E-state index contributed by atoms with van der Waals surface area (Å²) in [6, 6.07) is 0. The second-order valence-corrected chi connectivity index (χ2v) is 3.70. The highest BCUT2D eigenvalue weighted by atomic mass is 79.9. The minimum atomic E-state index is -0.0104. The Labute approximate surface area is 58.2 Å². The number of aliphatic hydroxyl groups excluding tert-OH is 1. The van der Waals surface area contributed by atoms with Crippen LogP contribution in [-0.2, 0) is 0 Å². The molecule has 0 saturated heterocycles. The molecule has 1 N–H and O–H groups in total. The highest BCUT2D eigenvalue weighted by Gasteiger charge is 2.15. The Kier molecular flexibility index (Phi) is 2.32. The minimum Gasteiger partial charge on any atom is -0.393 e. The van der Waals surface area contributed by atoms with Crippen LogP contribution < -0.4 is 0 Å². The van der Waals surface area contributed by atoms with Gasteiger partial charge in [0.1, 0.15) is 0 Å². The van der Waals surface area contributed by atoms with Gasteiger partial charge in [0.05, 0.1) is 6.10 Å². The van der Waals surface area contributed by atoms with E-state index >= 15 is 0 Å². The molecule has 48 valence electrons. The Balaban J connectivity index is 2.19. The summed E-state index contributed by atoms with van der Waals surface area (Å²) in [5.74, 6) is 0. The van der Waals surface area contributed by atoms with Gasteiger partial charge in [-0.1, -0.05) is 15.9 Å². The molecule has 0 aromatic carbocycles. The smallest absolute Gasteiger partial charge is 0.0541 e. The average Bonchev–Trinajstić information content (AvgIpc) is 1.77. The number of aliphatic hydroxyl groups is 1. The van der Waals surface area contributed by atoms with Crippen molar-refractivity contribution in [3.63, 3.8) is 0 Å². The van der Waals surface area contributed by atoms with Crippen LogP contribution in [-0.4, -0.2) is 16.0 Å². The molecule has 0 radical (unpaired) electrons. The molecule has 0 aromatic heterocycles. The topological polar surface area (TPSA) is 20.2 Å². The fourth-order valence-corrected chi connectivity index (χ4v) is 1.56. The number of hydrogen-bond donors (Lipinski definition) is 1. The molecule has 0 bridgehead atoms. The van der Waals surface area contributed by atoms with Crippen LogP contribution in [0, 0.1) is 0 Å². The van der Waals surface area contributed by atoms with Crippen LogP contribution in [0.25, 0.3) is 0 Å². The fourth-order valence-electron chi connectivity index (χ4n) is 1.04. The van der Waals surface area contributed by atoms with Crippen molar-refractivity contribution in [3.05, 3.63) is 0 Å². The Morgan fingerprint density at radius 2 is 1.62 bits per heavy atom. The first-order chi connectivity index (χ1) is 3.79. The van der Waals surface area contributed by atoms with E-state index in [2.05, 4.69) is 15.9 Å². The normalized spacial score (nSPS) is 39.8.